The van der Waals surface area contributed by atoms with Crippen LogP contribution >= 0.6 is 0 Å². The largest absolute Gasteiger partial charge is 0.398 e. The van der Waals surface area contributed by atoms with Gasteiger partial charge in [-0.25, -0.2) is 4.39 Å². The van der Waals surface area contributed by atoms with Gasteiger partial charge in [-0.05, 0) is 48.9 Å². The van der Waals surface area contributed by atoms with Crippen LogP contribution in [-0.2, 0) is 4.79 Å². The molecule has 2 aromatic carbocycles. The Morgan fingerprint density at radius 1 is 1.24 bits per heavy atom. The Balaban J connectivity index is 2.42. The molecule has 0 aliphatic carbocycles. The quantitative estimate of drug-likeness (QED) is 0.598. The molecule has 0 atom stereocenters. The highest BCUT2D eigenvalue weighted by Gasteiger charge is 2.11. The molecule has 4 nitrogen and oxygen atoms in total. The number of nitrogens with one attached hydrogen (secondary N) is 2. The Morgan fingerprint density at radius 2 is 1.95 bits per heavy atom. The van der Waals surface area contributed by atoms with Crippen LogP contribution in [0.3, 0.4) is 0 Å². The highest BCUT2D eigenvalue weighted by atomic mass is 19.1. The van der Waals surface area contributed by atoms with E-state index in [0.29, 0.717) is 28.1 Å². The van der Waals surface area contributed by atoms with Gasteiger partial charge in [-0.1, -0.05) is 0 Å². The van der Waals surface area contributed by atoms with E-state index < -0.39 is 0 Å². The van der Waals surface area contributed by atoms with E-state index in [1.165, 1.54) is 19.1 Å². The van der Waals surface area contributed by atoms with E-state index in [4.69, 9.17) is 11.1 Å². The summed E-state index contributed by atoms with van der Waals surface area (Å²) in [7, 11) is 0. The molecule has 1 amide bonds. The SMILES string of the molecule is CC(=O)Nc1ccc(N)c(C(=N)c2ccc(F)c(C)c2)c1. The van der Waals surface area contributed by atoms with Crippen LogP contribution in [0.5, 0.6) is 0 Å². The van der Waals surface area contributed by atoms with E-state index >= 15 is 0 Å². The van der Waals surface area contributed by atoms with Gasteiger partial charge in [-0.15, -0.1) is 0 Å². The molecule has 0 spiro atoms. The standard InChI is InChI=1S/C16H16FN3O/c1-9-7-11(3-5-14(9)17)16(19)13-8-12(20-10(2)21)4-6-15(13)18/h3-8,19H,18H2,1-2H3,(H,20,21). The number of benzene rings is 2. The number of aryl methyl sites for hydroxylation is 1. The molecular formula is C16H16FN3O. The average Bonchev–Trinajstić information content (AvgIpc) is 2.42. The average molecular weight is 285 g/mol. The fourth-order valence-electron chi connectivity index (χ4n) is 2.01. The highest BCUT2D eigenvalue weighted by molar-refractivity contribution is 6.14. The predicted molar refractivity (Wildman–Crippen MR) is 82.2 cm³/mol. The van der Waals surface area contributed by atoms with E-state index in [1.54, 1.807) is 31.2 Å². The zero-order valence-electron chi connectivity index (χ0n) is 11.8. The molecule has 0 aliphatic heterocycles. The maximum Gasteiger partial charge on any atom is 0.221 e. The van der Waals surface area contributed by atoms with Crippen LogP contribution in [0.1, 0.15) is 23.6 Å². The van der Waals surface area contributed by atoms with Crippen molar-refractivity contribution >= 4 is 23.0 Å². The summed E-state index contributed by atoms with van der Waals surface area (Å²) in [5, 5.41) is 10.9. The lowest BCUT2D eigenvalue weighted by molar-refractivity contribution is -0.114. The Bertz CT molecular complexity index is 725. The molecule has 2 aromatic rings. The van der Waals surface area contributed by atoms with Crippen molar-refractivity contribution < 1.29 is 9.18 Å². The lowest BCUT2D eigenvalue weighted by Crippen LogP contribution is -2.10. The second-order valence-corrected chi connectivity index (χ2v) is 4.82. The van der Waals surface area contributed by atoms with E-state index in [0.717, 1.165) is 0 Å². The van der Waals surface area contributed by atoms with Crippen molar-refractivity contribution in [3.05, 3.63) is 58.9 Å². The van der Waals surface area contributed by atoms with Gasteiger partial charge < -0.3 is 11.1 Å². The maximum atomic E-state index is 13.3. The fraction of sp³-hybridized carbons (Fsp3) is 0.125. The second-order valence-electron chi connectivity index (χ2n) is 4.82. The van der Waals surface area contributed by atoms with Crippen molar-refractivity contribution in [3.63, 3.8) is 0 Å². The van der Waals surface area contributed by atoms with Gasteiger partial charge in [-0.2, -0.15) is 0 Å². The van der Waals surface area contributed by atoms with E-state index in [-0.39, 0.29) is 17.4 Å². The summed E-state index contributed by atoms with van der Waals surface area (Å²) in [5.41, 5.74) is 8.60. The molecular weight excluding hydrogens is 269 g/mol. The molecule has 21 heavy (non-hydrogen) atoms. The summed E-state index contributed by atoms with van der Waals surface area (Å²) in [4.78, 5) is 11.1. The van der Waals surface area contributed by atoms with Crippen LogP contribution in [0.2, 0.25) is 0 Å². The van der Waals surface area contributed by atoms with Gasteiger partial charge in [0.05, 0.1) is 5.71 Å². The number of anilines is 2. The summed E-state index contributed by atoms with van der Waals surface area (Å²) in [5.74, 6) is -0.513. The number of carbonyl (C=O) groups is 1. The predicted octanol–water partition coefficient (Wildman–Crippen LogP) is 3.09. The van der Waals surface area contributed by atoms with Crippen molar-refractivity contribution in [2.45, 2.75) is 13.8 Å². The molecule has 0 bridgehead atoms. The minimum Gasteiger partial charge on any atom is -0.398 e. The van der Waals surface area contributed by atoms with Gasteiger partial charge in [0.25, 0.3) is 0 Å². The molecule has 0 aliphatic rings. The molecule has 0 heterocycles. The Labute approximate surface area is 122 Å². The van der Waals surface area contributed by atoms with Crippen LogP contribution < -0.4 is 11.1 Å². The van der Waals surface area contributed by atoms with Gasteiger partial charge in [0.2, 0.25) is 5.91 Å². The topological polar surface area (TPSA) is 79.0 Å². The number of hydrogen-bond donors (Lipinski definition) is 3. The van der Waals surface area contributed by atoms with Gasteiger partial charge in [-0.3, -0.25) is 10.2 Å². The maximum absolute atomic E-state index is 13.3. The number of carbonyl (C=O) groups excluding carboxylic acids is 1. The minimum atomic E-state index is -0.313. The van der Waals surface area contributed by atoms with Gasteiger partial charge in [0.1, 0.15) is 5.82 Å². The first-order valence-electron chi connectivity index (χ1n) is 6.41. The molecule has 0 radical (unpaired) electrons. The van der Waals surface area contributed by atoms with Crippen LogP contribution in [0.15, 0.2) is 36.4 Å². The summed E-state index contributed by atoms with van der Waals surface area (Å²) in [6.45, 7) is 3.05. The molecule has 4 N–H and O–H groups in total. The first-order chi connectivity index (χ1) is 9.88. The number of nitrogen functional groups attached to an aromatic ring is 1. The highest BCUT2D eigenvalue weighted by Crippen LogP contribution is 2.22. The van der Waals surface area contributed by atoms with Gasteiger partial charge in [0, 0.05) is 29.4 Å². The zero-order chi connectivity index (χ0) is 15.6. The molecule has 0 fully saturated rings. The smallest absolute Gasteiger partial charge is 0.221 e. The molecule has 5 heteroatoms. The van der Waals surface area contributed by atoms with Gasteiger partial charge in [0.15, 0.2) is 0 Å². The molecule has 2 rings (SSSR count). The third kappa shape index (κ3) is 3.25. The first kappa shape index (κ1) is 14.7. The number of hydrogen-bond acceptors (Lipinski definition) is 3. The van der Waals surface area contributed by atoms with Crippen LogP contribution in [-0.4, -0.2) is 11.6 Å². The lowest BCUT2D eigenvalue weighted by Gasteiger charge is -2.11. The van der Waals surface area contributed by atoms with E-state index in [2.05, 4.69) is 5.32 Å². The number of nitrogens with two attached hydrogens (primary N) is 1. The van der Waals surface area contributed by atoms with Crippen molar-refractivity contribution in [1.29, 1.82) is 5.41 Å². The summed E-state index contributed by atoms with van der Waals surface area (Å²) in [6.07, 6.45) is 0. The Hall–Kier alpha value is -2.69. The number of amides is 1. The Morgan fingerprint density at radius 3 is 2.57 bits per heavy atom. The Kier molecular flexibility index (Phi) is 4.03. The van der Waals surface area contributed by atoms with Crippen molar-refractivity contribution in [2.24, 2.45) is 0 Å². The molecule has 0 aromatic heterocycles. The third-order valence-electron chi connectivity index (χ3n) is 3.09. The van der Waals surface area contributed by atoms with E-state index in [1.807, 2.05) is 0 Å². The normalized spacial score (nSPS) is 10.2. The molecule has 108 valence electrons. The monoisotopic (exact) mass is 285 g/mol. The number of halogens is 1. The lowest BCUT2D eigenvalue weighted by atomic mass is 9.99. The fourth-order valence-corrected chi connectivity index (χ4v) is 2.01. The summed E-state index contributed by atoms with van der Waals surface area (Å²) >= 11 is 0. The van der Waals surface area contributed by atoms with Gasteiger partial charge >= 0.3 is 0 Å². The summed E-state index contributed by atoms with van der Waals surface area (Å²) in [6, 6.07) is 9.40. The second kappa shape index (κ2) is 5.75. The van der Waals surface area contributed by atoms with Crippen molar-refractivity contribution in [1.82, 2.24) is 0 Å². The minimum absolute atomic E-state index is 0.183. The van der Waals surface area contributed by atoms with Crippen LogP contribution in [0, 0.1) is 18.2 Å². The van der Waals surface area contributed by atoms with Crippen LogP contribution in [0.4, 0.5) is 15.8 Å². The zero-order valence-corrected chi connectivity index (χ0v) is 11.8. The third-order valence-corrected chi connectivity index (χ3v) is 3.09. The molecule has 0 saturated heterocycles. The summed E-state index contributed by atoms with van der Waals surface area (Å²) < 4.78 is 13.3. The molecule has 0 saturated carbocycles. The number of rotatable bonds is 3. The molecule has 0 unspecified atom stereocenters. The van der Waals surface area contributed by atoms with Crippen molar-refractivity contribution in [2.75, 3.05) is 11.1 Å². The van der Waals surface area contributed by atoms with E-state index in [9.17, 15) is 9.18 Å². The van der Waals surface area contributed by atoms with Crippen LogP contribution in [0.25, 0.3) is 0 Å². The first-order valence-corrected chi connectivity index (χ1v) is 6.41. The van der Waals surface area contributed by atoms with Crippen molar-refractivity contribution in [3.8, 4) is 0 Å².